The molecule has 6 nitrogen and oxygen atoms in total. The zero-order valence-corrected chi connectivity index (χ0v) is 18.2. The number of hydrogen-bond acceptors (Lipinski definition) is 4. The van der Waals surface area contributed by atoms with E-state index in [2.05, 4.69) is 10.0 Å². The highest BCUT2D eigenvalue weighted by Gasteiger charge is 2.15. The van der Waals surface area contributed by atoms with Gasteiger partial charge in [-0.3, -0.25) is 9.52 Å². The molecule has 31 heavy (non-hydrogen) atoms. The molecule has 3 aromatic rings. The van der Waals surface area contributed by atoms with Gasteiger partial charge in [0, 0.05) is 11.4 Å². The van der Waals surface area contributed by atoms with Crippen LogP contribution in [0.15, 0.2) is 65.6 Å². The number of carbonyl (C=O) groups is 1. The van der Waals surface area contributed by atoms with Crippen LogP contribution in [0.5, 0.6) is 5.75 Å². The topological polar surface area (TPSA) is 84.5 Å². The number of halogens is 1. The van der Waals surface area contributed by atoms with E-state index in [9.17, 15) is 17.6 Å². The Morgan fingerprint density at radius 1 is 0.935 bits per heavy atom. The molecular formula is C23H23FN2O4S. The number of anilines is 2. The smallest absolute Gasteiger partial charge is 0.262 e. The molecule has 0 aliphatic carbocycles. The molecule has 1 amide bonds. The molecule has 0 spiro atoms. The van der Waals surface area contributed by atoms with Crippen molar-refractivity contribution in [1.82, 2.24) is 0 Å². The van der Waals surface area contributed by atoms with E-state index in [1.165, 1.54) is 36.4 Å². The number of sulfonamides is 1. The summed E-state index contributed by atoms with van der Waals surface area (Å²) in [5.74, 6) is -0.167. The fourth-order valence-corrected chi connectivity index (χ4v) is 4.00. The second-order valence-electron chi connectivity index (χ2n) is 7.18. The lowest BCUT2D eigenvalue weighted by Gasteiger charge is -2.13. The maximum Gasteiger partial charge on any atom is 0.262 e. The van der Waals surface area contributed by atoms with Crippen molar-refractivity contribution in [3.05, 3.63) is 83.2 Å². The molecule has 8 heteroatoms. The van der Waals surface area contributed by atoms with Crippen LogP contribution in [0.1, 0.15) is 16.7 Å². The van der Waals surface area contributed by atoms with Crippen LogP contribution in [-0.2, 0) is 14.8 Å². The van der Waals surface area contributed by atoms with E-state index >= 15 is 0 Å². The Labute approximate surface area is 181 Å². The molecule has 0 bridgehead atoms. The standard InChI is InChI=1S/C23H23FN2O4S/c1-15-12-16(2)17(3)22(13-15)30-14-23(27)25-19-8-10-21(11-9-19)31(28,29)26-20-6-4-18(24)5-7-20/h4-13,26H,14H2,1-3H3,(H,25,27). The van der Waals surface area contributed by atoms with Crippen molar-refractivity contribution in [3.8, 4) is 5.75 Å². The Bertz CT molecular complexity index is 1190. The van der Waals surface area contributed by atoms with Gasteiger partial charge in [0.1, 0.15) is 11.6 Å². The molecule has 2 N–H and O–H groups in total. The average Bonchev–Trinajstić information content (AvgIpc) is 2.71. The van der Waals surface area contributed by atoms with Gasteiger partial charge in [0.2, 0.25) is 0 Å². The molecule has 0 fully saturated rings. The summed E-state index contributed by atoms with van der Waals surface area (Å²) in [5, 5.41) is 2.67. The third-order valence-electron chi connectivity index (χ3n) is 4.67. The number of nitrogens with one attached hydrogen (secondary N) is 2. The van der Waals surface area contributed by atoms with Crippen molar-refractivity contribution in [1.29, 1.82) is 0 Å². The van der Waals surface area contributed by atoms with Crippen molar-refractivity contribution < 1.29 is 22.3 Å². The molecule has 3 aromatic carbocycles. The summed E-state index contributed by atoms with van der Waals surface area (Å²) >= 11 is 0. The lowest BCUT2D eigenvalue weighted by molar-refractivity contribution is -0.118. The maximum atomic E-state index is 13.0. The SMILES string of the molecule is Cc1cc(C)c(C)c(OCC(=O)Nc2ccc(S(=O)(=O)Nc3ccc(F)cc3)cc2)c1. The quantitative estimate of drug-likeness (QED) is 0.561. The molecule has 0 heterocycles. The predicted molar refractivity (Wildman–Crippen MR) is 118 cm³/mol. The molecule has 0 aliphatic rings. The molecule has 0 radical (unpaired) electrons. The number of ether oxygens (including phenoxy) is 1. The molecule has 3 rings (SSSR count). The van der Waals surface area contributed by atoms with Crippen LogP contribution in [0.25, 0.3) is 0 Å². The fourth-order valence-electron chi connectivity index (χ4n) is 2.94. The van der Waals surface area contributed by atoms with E-state index in [1.54, 1.807) is 0 Å². The first-order valence-electron chi connectivity index (χ1n) is 9.53. The van der Waals surface area contributed by atoms with Crippen molar-refractivity contribution >= 4 is 27.3 Å². The van der Waals surface area contributed by atoms with Crippen LogP contribution in [-0.4, -0.2) is 20.9 Å². The van der Waals surface area contributed by atoms with E-state index in [0.29, 0.717) is 11.4 Å². The summed E-state index contributed by atoms with van der Waals surface area (Å²) in [6.07, 6.45) is 0. The highest BCUT2D eigenvalue weighted by molar-refractivity contribution is 7.92. The van der Waals surface area contributed by atoms with E-state index in [0.717, 1.165) is 28.8 Å². The molecule has 0 unspecified atom stereocenters. The molecular weight excluding hydrogens is 419 g/mol. The minimum atomic E-state index is -3.84. The minimum Gasteiger partial charge on any atom is -0.483 e. The maximum absolute atomic E-state index is 13.0. The van der Waals surface area contributed by atoms with E-state index < -0.39 is 15.8 Å². The third-order valence-corrected chi connectivity index (χ3v) is 6.06. The van der Waals surface area contributed by atoms with Crippen LogP contribution >= 0.6 is 0 Å². The van der Waals surface area contributed by atoms with Crippen LogP contribution < -0.4 is 14.8 Å². The monoisotopic (exact) mass is 442 g/mol. The van der Waals surface area contributed by atoms with Gasteiger partial charge < -0.3 is 10.1 Å². The molecule has 0 saturated heterocycles. The summed E-state index contributed by atoms with van der Waals surface area (Å²) in [7, 11) is -3.84. The van der Waals surface area contributed by atoms with Gasteiger partial charge in [0.05, 0.1) is 4.90 Å². The second kappa shape index (κ2) is 9.18. The van der Waals surface area contributed by atoms with Crippen molar-refractivity contribution in [2.24, 2.45) is 0 Å². The summed E-state index contributed by atoms with van der Waals surface area (Å²) in [5.41, 5.74) is 3.79. The highest BCUT2D eigenvalue weighted by Crippen LogP contribution is 2.23. The van der Waals surface area contributed by atoms with E-state index in [4.69, 9.17) is 4.74 Å². The molecule has 0 atom stereocenters. The van der Waals surface area contributed by atoms with Crippen molar-refractivity contribution in [2.45, 2.75) is 25.7 Å². The zero-order valence-electron chi connectivity index (χ0n) is 17.4. The fraction of sp³-hybridized carbons (Fsp3) is 0.174. The predicted octanol–water partition coefficient (Wildman–Crippen LogP) is 4.57. The minimum absolute atomic E-state index is 0.0111. The number of aryl methyl sites for hydroxylation is 2. The molecule has 0 saturated carbocycles. The van der Waals surface area contributed by atoms with E-state index in [-0.39, 0.29) is 23.1 Å². The van der Waals surface area contributed by atoms with E-state index in [1.807, 2.05) is 32.9 Å². The lowest BCUT2D eigenvalue weighted by Crippen LogP contribution is -2.20. The van der Waals surface area contributed by atoms with Crippen molar-refractivity contribution in [2.75, 3.05) is 16.6 Å². The largest absolute Gasteiger partial charge is 0.483 e. The summed E-state index contributed by atoms with van der Waals surface area (Å²) in [4.78, 5) is 12.2. The summed E-state index contributed by atoms with van der Waals surface area (Å²) in [6.45, 7) is 5.70. The summed E-state index contributed by atoms with van der Waals surface area (Å²) in [6, 6.07) is 14.6. The number of carbonyl (C=O) groups excluding carboxylic acids is 1. The third kappa shape index (κ3) is 5.82. The first kappa shape index (κ1) is 22.3. The van der Waals surface area contributed by atoms with Gasteiger partial charge in [-0.1, -0.05) is 6.07 Å². The number of benzene rings is 3. The average molecular weight is 443 g/mol. The molecule has 162 valence electrons. The van der Waals surface area contributed by atoms with Gasteiger partial charge in [0.15, 0.2) is 6.61 Å². The van der Waals surface area contributed by atoms with Crippen LogP contribution in [0.3, 0.4) is 0 Å². The zero-order chi connectivity index (χ0) is 22.6. The Morgan fingerprint density at radius 3 is 2.19 bits per heavy atom. The van der Waals surface area contributed by atoms with Gasteiger partial charge in [-0.15, -0.1) is 0 Å². The number of rotatable bonds is 7. The Kier molecular flexibility index (Phi) is 6.60. The Morgan fingerprint density at radius 2 is 1.55 bits per heavy atom. The summed E-state index contributed by atoms with van der Waals surface area (Å²) < 4.78 is 45.9. The highest BCUT2D eigenvalue weighted by atomic mass is 32.2. The second-order valence-corrected chi connectivity index (χ2v) is 8.86. The number of hydrogen-bond donors (Lipinski definition) is 2. The van der Waals surface area contributed by atoms with Gasteiger partial charge in [-0.25, -0.2) is 12.8 Å². The molecule has 0 aromatic heterocycles. The van der Waals surface area contributed by atoms with Gasteiger partial charge in [0.25, 0.3) is 15.9 Å². The van der Waals surface area contributed by atoms with Gasteiger partial charge in [-0.05, 0) is 92.1 Å². The van der Waals surface area contributed by atoms with Crippen LogP contribution in [0, 0.1) is 26.6 Å². The van der Waals surface area contributed by atoms with Gasteiger partial charge in [-0.2, -0.15) is 0 Å². The van der Waals surface area contributed by atoms with Gasteiger partial charge >= 0.3 is 0 Å². The normalized spacial score (nSPS) is 11.1. The Balaban J connectivity index is 1.61. The first-order valence-corrected chi connectivity index (χ1v) is 11.0. The Hall–Kier alpha value is -3.39. The van der Waals surface area contributed by atoms with Crippen LogP contribution in [0.4, 0.5) is 15.8 Å². The molecule has 0 aliphatic heterocycles. The van der Waals surface area contributed by atoms with Crippen molar-refractivity contribution in [3.63, 3.8) is 0 Å². The first-order chi connectivity index (χ1) is 14.6. The van der Waals surface area contributed by atoms with Crippen LogP contribution in [0.2, 0.25) is 0 Å². The number of amides is 1. The lowest BCUT2D eigenvalue weighted by atomic mass is 10.1.